The van der Waals surface area contributed by atoms with E-state index in [2.05, 4.69) is 0 Å². The van der Waals surface area contributed by atoms with Crippen molar-refractivity contribution in [3.05, 3.63) is 46.3 Å². The summed E-state index contributed by atoms with van der Waals surface area (Å²) < 4.78 is 37.5. The maximum atomic E-state index is 12.5. The molecule has 0 N–H and O–H groups in total. The Labute approximate surface area is 119 Å². The van der Waals surface area contributed by atoms with Crippen LogP contribution in [0.25, 0.3) is 10.4 Å². The van der Waals surface area contributed by atoms with E-state index in [9.17, 15) is 18.0 Å². The molecule has 0 saturated carbocycles. The number of halogens is 3. The summed E-state index contributed by atoms with van der Waals surface area (Å²) in [6.07, 6.45) is -3.53. The van der Waals surface area contributed by atoms with E-state index >= 15 is 0 Å². The Morgan fingerprint density at radius 2 is 1.75 bits per heavy atom. The van der Waals surface area contributed by atoms with Crippen molar-refractivity contribution in [2.45, 2.75) is 25.9 Å². The Morgan fingerprint density at radius 3 is 2.15 bits per heavy atom. The van der Waals surface area contributed by atoms with Crippen molar-refractivity contribution < 1.29 is 18.0 Å². The highest BCUT2D eigenvalue weighted by atomic mass is 32.1. The number of hydrogen-bond acceptors (Lipinski definition) is 2. The van der Waals surface area contributed by atoms with Crippen LogP contribution in [0, 0.1) is 0 Å². The summed E-state index contributed by atoms with van der Waals surface area (Å²) in [7, 11) is 0. The molecule has 0 fully saturated rings. The molecule has 1 aromatic carbocycles. The molecule has 0 radical (unpaired) electrons. The molecule has 0 amide bonds. The smallest absolute Gasteiger partial charge is 0.297 e. The van der Waals surface area contributed by atoms with Gasteiger partial charge in [-0.05, 0) is 35.2 Å². The molecular weight excluding hydrogens is 285 g/mol. The van der Waals surface area contributed by atoms with E-state index in [0.717, 1.165) is 28.9 Å². The maximum Gasteiger partial charge on any atom is 0.416 e. The van der Waals surface area contributed by atoms with E-state index in [1.807, 2.05) is 19.9 Å². The predicted molar refractivity (Wildman–Crippen MR) is 74.2 cm³/mol. The molecule has 0 bridgehead atoms. The number of thiophene rings is 1. The third-order valence-electron chi connectivity index (χ3n) is 3.02. The van der Waals surface area contributed by atoms with Gasteiger partial charge in [0.05, 0.1) is 10.4 Å². The highest BCUT2D eigenvalue weighted by molar-refractivity contribution is 7.17. The average molecular weight is 298 g/mol. The van der Waals surface area contributed by atoms with Gasteiger partial charge in [0.15, 0.2) is 6.29 Å². The van der Waals surface area contributed by atoms with E-state index in [1.54, 1.807) is 0 Å². The molecular formula is C15H13F3OS. The lowest BCUT2D eigenvalue weighted by atomic mass is 10.0. The first-order valence-electron chi connectivity index (χ1n) is 6.09. The number of rotatable bonds is 3. The van der Waals surface area contributed by atoms with Crippen LogP contribution in [0.2, 0.25) is 0 Å². The van der Waals surface area contributed by atoms with E-state index in [0.29, 0.717) is 10.4 Å². The molecule has 0 aliphatic rings. The van der Waals surface area contributed by atoms with Gasteiger partial charge in [0.25, 0.3) is 0 Å². The van der Waals surface area contributed by atoms with Crippen LogP contribution in [-0.2, 0) is 6.18 Å². The lowest BCUT2D eigenvalue weighted by molar-refractivity contribution is -0.137. The molecule has 0 aliphatic carbocycles. The van der Waals surface area contributed by atoms with E-state index in [-0.39, 0.29) is 5.92 Å². The van der Waals surface area contributed by atoms with Crippen molar-refractivity contribution in [1.29, 1.82) is 0 Å². The SMILES string of the molecule is CC(C)c1cc(-c2ccc(C(F)(F)F)cc2)sc1C=O. The van der Waals surface area contributed by atoms with Crippen LogP contribution in [0.4, 0.5) is 13.2 Å². The van der Waals surface area contributed by atoms with Crippen LogP contribution in [0.5, 0.6) is 0 Å². The molecule has 0 atom stereocenters. The summed E-state index contributed by atoms with van der Waals surface area (Å²) >= 11 is 1.30. The summed E-state index contributed by atoms with van der Waals surface area (Å²) in [5.74, 6) is 0.203. The van der Waals surface area contributed by atoms with Crippen molar-refractivity contribution in [1.82, 2.24) is 0 Å². The molecule has 0 saturated heterocycles. The number of benzene rings is 1. The number of hydrogen-bond donors (Lipinski definition) is 0. The molecule has 0 aliphatic heterocycles. The van der Waals surface area contributed by atoms with Gasteiger partial charge in [0.2, 0.25) is 0 Å². The normalized spacial score (nSPS) is 11.9. The third-order valence-corrected chi connectivity index (χ3v) is 4.14. The van der Waals surface area contributed by atoms with Gasteiger partial charge in [0, 0.05) is 4.88 Å². The summed E-state index contributed by atoms with van der Waals surface area (Å²) in [6.45, 7) is 3.96. The number of alkyl halides is 3. The minimum Gasteiger partial charge on any atom is -0.297 e. The van der Waals surface area contributed by atoms with Crippen molar-refractivity contribution in [2.24, 2.45) is 0 Å². The van der Waals surface area contributed by atoms with Gasteiger partial charge < -0.3 is 0 Å². The second kappa shape index (κ2) is 5.40. The van der Waals surface area contributed by atoms with Crippen molar-refractivity contribution in [3.63, 3.8) is 0 Å². The number of carbonyl (C=O) groups excluding carboxylic acids is 1. The first kappa shape index (κ1) is 14.8. The fraction of sp³-hybridized carbons (Fsp3) is 0.267. The average Bonchev–Trinajstić information content (AvgIpc) is 2.82. The van der Waals surface area contributed by atoms with Gasteiger partial charge in [-0.3, -0.25) is 4.79 Å². The quantitative estimate of drug-likeness (QED) is 0.696. The van der Waals surface area contributed by atoms with Gasteiger partial charge in [-0.2, -0.15) is 13.2 Å². The second-order valence-electron chi connectivity index (χ2n) is 4.78. The summed E-state index contributed by atoms with van der Waals surface area (Å²) in [5.41, 5.74) is 0.954. The van der Waals surface area contributed by atoms with Crippen molar-refractivity contribution in [3.8, 4) is 10.4 Å². The molecule has 106 valence electrons. The molecule has 2 aromatic rings. The Morgan fingerprint density at radius 1 is 1.15 bits per heavy atom. The Kier molecular flexibility index (Phi) is 3.99. The van der Waals surface area contributed by atoms with Gasteiger partial charge in [0.1, 0.15) is 0 Å². The molecule has 20 heavy (non-hydrogen) atoms. The third kappa shape index (κ3) is 2.93. The highest BCUT2D eigenvalue weighted by Crippen LogP contribution is 2.36. The maximum absolute atomic E-state index is 12.5. The number of carbonyl (C=O) groups is 1. The zero-order valence-corrected chi connectivity index (χ0v) is 11.8. The summed E-state index contributed by atoms with van der Waals surface area (Å²) in [6, 6.07) is 6.87. The largest absolute Gasteiger partial charge is 0.416 e. The Balaban J connectivity index is 2.39. The summed E-state index contributed by atoms with van der Waals surface area (Å²) in [4.78, 5) is 12.5. The first-order chi connectivity index (χ1) is 9.32. The predicted octanol–water partition coefficient (Wildman–Crippen LogP) is 5.37. The molecule has 1 nitrogen and oxygen atoms in total. The molecule has 1 aromatic heterocycles. The monoisotopic (exact) mass is 298 g/mol. The van der Waals surface area contributed by atoms with E-state index in [1.165, 1.54) is 23.5 Å². The number of aldehydes is 1. The minimum atomic E-state index is -4.33. The fourth-order valence-electron chi connectivity index (χ4n) is 1.93. The van der Waals surface area contributed by atoms with E-state index in [4.69, 9.17) is 0 Å². The van der Waals surface area contributed by atoms with E-state index < -0.39 is 11.7 Å². The van der Waals surface area contributed by atoms with Crippen molar-refractivity contribution >= 4 is 17.6 Å². The van der Waals surface area contributed by atoms with Gasteiger partial charge >= 0.3 is 6.18 Å². The lowest BCUT2D eigenvalue weighted by Gasteiger charge is -2.06. The first-order valence-corrected chi connectivity index (χ1v) is 6.91. The zero-order chi connectivity index (χ0) is 14.9. The zero-order valence-electron chi connectivity index (χ0n) is 11.0. The minimum absolute atomic E-state index is 0.203. The highest BCUT2D eigenvalue weighted by Gasteiger charge is 2.30. The lowest BCUT2D eigenvalue weighted by Crippen LogP contribution is -2.03. The van der Waals surface area contributed by atoms with Crippen LogP contribution in [0.15, 0.2) is 30.3 Å². The topological polar surface area (TPSA) is 17.1 Å². The standard InChI is InChI=1S/C15H13F3OS/c1-9(2)12-7-13(20-14(12)8-19)10-3-5-11(6-4-10)15(16,17)18/h3-9H,1-2H3. The van der Waals surface area contributed by atoms with Crippen LogP contribution in [0.1, 0.15) is 40.6 Å². The van der Waals surface area contributed by atoms with Crippen LogP contribution < -0.4 is 0 Å². The molecule has 0 unspecified atom stereocenters. The van der Waals surface area contributed by atoms with Crippen LogP contribution >= 0.6 is 11.3 Å². The molecule has 1 heterocycles. The van der Waals surface area contributed by atoms with Gasteiger partial charge in [-0.15, -0.1) is 11.3 Å². The van der Waals surface area contributed by atoms with Gasteiger partial charge in [-0.25, -0.2) is 0 Å². The van der Waals surface area contributed by atoms with Crippen LogP contribution in [-0.4, -0.2) is 6.29 Å². The molecule has 5 heteroatoms. The molecule has 0 spiro atoms. The summed E-state index contributed by atoms with van der Waals surface area (Å²) in [5, 5.41) is 0. The fourth-order valence-corrected chi connectivity index (χ4v) is 3.07. The van der Waals surface area contributed by atoms with Crippen molar-refractivity contribution in [2.75, 3.05) is 0 Å². The second-order valence-corrected chi connectivity index (χ2v) is 5.86. The van der Waals surface area contributed by atoms with Crippen LogP contribution in [0.3, 0.4) is 0 Å². The Bertz CT molecular complexity index is 609. The Hall–Kier alpha value is -1.62. The molecule has 2 rings (SSSR count). The van der Waals surface area contributed by atoms with Gasteiger partial charge in [-0.1, -0.05) is 26.0 Å².